The van der Waals surface area contributed by atoms with E-state index in [-0.39, 0.29) is 23.6 Å². The normalized spacial score (nSPS) is 14.4. The van der Waals surface area contributed by atoms with Gasteiger partial charge in [0.15, 0.2) is 0 Å². The fourth-order valence-corrected chi connectivity index (χ4v) is 4.60. The van der Waals surface area contributed by atoms with Crippen LogP contribution in [-0.2, 0) is 6.54 Å². The number of benzene rings is 3. The van der Waals surface area contributed by atoms with Crippen LogP contribution in [0.15, 0.2) is 91.3 Å². The number of halogens is 2. The van der Waals surface area contributed by atoms with E-state index in [2.05, 4.69) is 10.00 Å². The summed E-state index contributed by atoms with van der Waals surface area (Å²) in [7, 11) is 0. The van der Waals surface area contributed by atoms with Crippen molar-refractivity contribution in [1.29, 1.82) is 0 Å². The number of nitrogens with zero attached hydrogens (tertiary/aromatic N) is 4. The third kappa shape index (κ3) is 5.30. The van der Waals surface area contributed by atoms with Crippen LogP contribution in [0, 0.1) is 11.6 Å². The summed E-state index contributed by atoms with van der Waals surface area (Å²) in [6, 6.07) is 22.3. The molecule has 0 aliphatic carbocycles. The predicted molar refractivity (Wildman–Crippen MR) is 130 cm³/mol. The van der Waals surface area contributed by atoms with E-state index >= 15 is 0 Å². The van der Waals surface area contributed by atoms with Crippen molar-refractivity contribution in [2.75, 3.05) is 26.2 Å². The number of carbonyl (C=O) groups is 1. The lowest BCUT2D eigenvalue weighted by Crippen LogP contribution is -2.49. The lowest BCUT2D eigenvalue weighted by molar-refractivity contribution is 0.0597. The third-order valence-corrected chi connectivity index (χ3v) is 6.44. The quantitative estimate of drug-likeness (QED) is 0.407. The number of piperazine rings is 1. The standard InChI is InChI=1S/C28H26F2N4O/c29-25-10-6-22(7-11-25)27(23-8-12-26(30)13-9-23)32-16-18-33(19-17-32)28(35)24-4-2-21(3-5-24)20-34-15-1-14-31-34/h1-15,27H,16-20H2. The van der Waals surface area contributed by atoms with E-state index in [1.807, 2.05) is 46.1 Å². The lowest BCUT2D eigenvalue weighted by atomic mass is 9.96. The Morgan fingerprint density at radius 1 is 0.800 bits per heavy atom. The Morgan fingerprint density at radius 3 is 1.89 bits per heavy atom. The number of amides is 1. The first kappa shape index (κ1) is 22.9. The van der Waals surface area contributed by atoms with Gasteiger partial charge in [0.05, 0.1) is 12.6 Å². The van der Waals surface area contributed by atoms with Crippen LogP contribution in [-0.4, -0.2) is 51.7 Å². The smallest absolute Gasteiger partial charge is 0.253 e. The summed E-state index contributed by atoms with van der Waals surface area (Å²) in [6.07, 6.45) is 3.65. The first-order valence-electron chi connectivity index (χ1n) is 11.7. The van der Waals surface area contributed by atoms with Crippen LogP contribution in [0.2, 0.25) is 0 Å². The van der Waals surface area contributed by atoms with Crippen molar-refractivity contribution >= 4 is 5.91 Å². The molecule has 0 unspecified atom stereocenters. The zero-order valence-electron chi connectivity index (χ0n) is 19.2. The summed E-state index contributed by atoms with van der Waals surface area (Å²) in [4.78, 5) is 17.3. The molecule has 4 aromatic rings. The summed E-state index contributed by atoms with van der Waals surface area (Å²) in [5, 5.41) is 4.22. The molecule has 1 aliphatic heterocycles. The van der Waals surface area contributed by atoms with Gasteiger partial charge in [-0.05, 0) is 59.2 Å². The average molecular weight is 473 g/mol. The summed E-state index contributed by atoms with van der Waals surface area (Å²) in [5.74, 6) is -0.578. The molecule has 0 saturated carbocycles. The largest absolute Gasteiger partial charge is 0.336 e. The van der Waals surface area contributed by atoms with E-state index in [0.29, 0.717) is 38.3 Å². The second kappa shape index (κ2) is 10.2. The molecule has 1 aliphatic rings. The van der Waals surface area contributed by atoms with Gasteiger partial charge >= 0.3 is 0 Å². The zero-order valence-corrected chi connectivity index (χ0v) is 19.2. The minimum absolute atomic E-state index is 0.00963. The molecule has 2 heterocycles. The van der Waals surface area contributed by atoms with Crippen LogP contribution in [0.25, 0.3) is 0 Å². The Kier molecular flexibility index (Phi) is 6.68. The number of carbonyl (C=O) groups excluding carboxylic acids is 1. The highest BCUT2D eigenvalue weighted by molar-refractivity contribution is 5.94. The van der Waals surface area contributed by atoms with Crippen LogP contribution >= 0.6 is 0 Å². The molecule has 1 aromatic heterocycles. The maximum atomic E-state index is 13.6. The van der Waals surface area contributed by atoms with Gasteiger partial charge in [-0.2, -0.15) is 5.10 Å². The van der Waals surface area contributed by atoms with Crippen LogP contribution in [0.1, 0.15) is 33.1 Å². The van der Waals surface area contributed by atoms with Gasteiger partial charge in [0.2, 0.25) is 0 Å². The number of hydrogen-bond donors (Lipinski definition) is 0. The third-order valence-electron chi connectivity index (χ3n) is 6.44. The van der Waals surface area contributed by atoms with Crippen molar-refractivity contribution in [1.82, 2.24) is 19.6 Å². The van der Waals surface area contributed by atoms with Gasteiger partial charge < -0.3 is 4.90 Å². The first-order valence-corrected chi connectivity index (χ1v) is 11.7. The van der Waals surface area contributed by atoms with Crippen molar-refractivity contribution in [3.63, 3.8) is 0 Å². The van der Waals surface area contributed by atoms with Crippen molar-refractivity contribution in [2.45, 2.75) is 12.6 Å². The predicted octanol–water partition coefficient (Wildman–Crippen LogP) is 4.76. The Labute approximate surface area is 203 Å². The molecule has 5 rings (SSSR count). The molecular weight excluding hydrogens is 446 g/mol. The van der Waals surface area contributed by atoms with Crippen LogP contribution < -0.4 is 0 Å². The van der Waals surface area contributed by atoms with Gasteiger partial charge in [-0.25, -0.2) is 8.78 Å². The van der Waals surface area contributed by atoms with E-state index in [1.54, 1.807) is 30.5 Å². The fourth-order valence-electron chi connectivity index (χ4n) is 4.60. The van der Waals surface area contributed by atoms with Gasteiger partial charge in [0, 0.05) is 44.1 Å². The molecule has 3 aromatic carbocycles. The monoisotopic (exact) mass is 472 g/mol. The second-order valence-corrected chi connectivity index (χ2v) is 8.73. The molecule has 0 bridgehead atoms. The van der Waals surface area contributed by atoms with Gasteiger partial charge in [-0.15, -0.1) is 0 Å². The summed E-state index contributed by atoms with van der Waals surface area (Å²) in [5.41, 5.74) is 3.61. The highest BCUT2D eigenvalue weighted by atomic mass is 19.1. The number of rotatable bonds is 6. The maximum Gasteiger partial charge on any atom is 0.253 e. The van der Waals surface area contributed by atoms with Crippen molar-refractivity contribution in [2.24, 2.45) is 0 Å². The summed E-state index contributed by atoms with van der Waals surface area (Å²) < 4.78 is 29.0. The average Bonchev–Trinajstić information content (AvgIpc) is 3.40. The Bertz CT molecular complexity index is 1200. The van der Waals surface area contributed by atoms with E-state index in [9.17, 15) is 13.6 Å². The summed E-state index contributed by atoms with van der Waals surface area (Å²) >= 11 is 0. The van der Waals surface area contributed by atoms with E-state index in [4.69, 9.17) is 0 Å². The number of hydrogen-bond acceptors (Lipinski definition) is 3. The van der Waals surface area contributed by atoms with Crippen molar-refractivity contribution < 1.29 is 13.6 Å². The topological polar surface area (TPSA) is 41.4 Å². The SMILES string of the molecule is O=C(c1ccc(Cn2cccn2)cc1)N1CCN(C(c2ccc(F)cc2)c2ccc(F)cc2)CC1. The molecule has 7 heteroatoms. The molecule has 0 N–H and O–H groups in total. The number of aromatic nitrogens is 2. The Balaban J connectivity index is 1.27. The van der Waals surface area contributed by atoms with E-state index in [0.717, 1.165) is 16.7 Å². The van der Waals surface area contributed by atoms with Crippen molar-refractivity contribution in [3.05, 3.63) is 125 Å². The van der Waals surface area contributed by atoms with Gasteiger partial charge in [-0.3, -0.25) is 14.4 Å². The molecule has 1 amide bonds. The van der Waals surface area contributed by atoms with Gasteiger partial charge in [-0.1, -0.05) is 36.4 Å². The zero-order chi connectivity index (χ0) is 24.2. The van der Waals surface area contributed by atoms with Gasteiger partial charge in [0.1, 0.15) is 11.6 Å². The van der Waals surface area contributed by atoms with Crippen molar-refractivity contribution in [3.8, 4) is 0 Å². The summed E-state index contributed by atoms with van der Waals surface area (Å²) in [6.45, 7) is 3.12. The minimum atomic E-state index is -0.294. The molecular formula is C28H26F2N4O. The van der Waals surface area contributed by atoms with Crippen LogP contribution in [0.3, 0.4) is 0 Å². The molecule has 0 atom stereocenters. The highest BCUT2D eigenvalue weighted by Crippen LogP contribution is 2.30. The molecule has 0 radical (unpaired) electrons. The van der Waals surface area contributed by atoms with Crippen LogP contribution in [0.5, 0.6) is 0 Å². The maximum absolute atomic E-state index is 13.6. The first-order chi connectivity index (χ1) is 17.1. The highest BCUT2D eigenvalue weighted by Gasteiger charge is 2.28. The molecule has 35 heavy (non-hydrogen) atoms. The fraction of sp³-hybridized carbons (Fsp3) is 0.214. The lowest BCUT2D eigenvalue weighted by Gasteiger charge is -2.39. The van der Waals surface area contributed by atoms with Crippen LogP contribution in [0.4, 0.5) is 8.78 Å². The van der Waals surface area contributed by atoms with E-state index in [1.165, 1.54) is 24.3 Å². The molecule has 178 valence electrons. The minimum Gasteiger partial charge on any atom is -0.336 e. The molecule has 0 spiro atoms. The van der Waals surface area contributed by atoms with E-state index < -0.39 is 0 Å². The Morgan fingerprint density at radius 2 is 1.37 bits per heavy atom. The Hall–Kier alpha value is -3.84. The van der Waals surface area contributed by atoms with Gasteiger partial charge in [0.25, 0.3) is 5.91 Å². The molecule has 1 fully saturated rings. The molecule has 1 saturated heterocycles. The second-order valence-electron chi connectivity index (χ2n) is 8.73. The molecule has 5 nitrogen and oxygen atoms in total.